The van der Waals surface area contributed by atoms with Crippen molar-refractivity contribution in [1.29, 1.82) is 0 Å². The van der Waals surface area contributed by atoms with E-state index in [1.807, 2.05) is 92.1 Å². The van der Waals surface area contributed by atoms with E-state index in [0.717, 1.165) is 65.3 Å². The van der Waals surface area contributed by atoms with E-state index in [4.69, 9.17) is 11.5 Å². The number of aromatic nitrogens is 3. The number of aromatic hydroxyl groups is 2. The third-order valence-corrected chi connectivity index (χ3v) is 8.26. The molecule has 0 aliphatic heterocycles. The molecule has 0 aliphatic rings. The Morgan fingerprint density at radius 1 is 0.640 bits per heavy atom. The highest BCUT2D eigenvalue weighted by atomic mass is 16.3. The van der Waals surface area contributed by atoms with Gasteiger partial charge in [0.2, 0.25) is 5.96 Å². The average Bonchev–Trinajstić information content (AvgIpc) is 3.11. The fourth-order valence-corrected chi connectivity index (χ4v) is 5.95. The molecule has 50 heavy (non-hydrogen) atoms. The summed E-state index contributed by atoms with van der Waals surface area (Å²) >= 11 is 0. The predicted molar refractivity (Wildman–Crippen MR) is 197 cm³/mol. The van der Waals surface area contributed by atoms with Gasteiger partial charge in [-0.05, 0) is 61.9 Å². The third-order valence-electron chi connectivity index (χ3n) is 8.26. The Morgan fingerprint density at radius 2 is 1.12 bits per heavy atom. The van der Waals surface area contributed by atoms with E-state index < -0.39 is 0 Å². The Hall–Kier alpha value is -5.65. The van der Waals surface area contributed by atoms with E-state index in [1.165, 1.54) is 6.21 Å². The van der Waals surface area contributed by atoms with Crippen LogP contribution in [0.3, 0.4) is 0 Å². The van der Waals surface area contributed by atoms with Crippen molar-refractivity contribution in [3.05, 3.63) is 148 Å². The number of benzene rings is 2. The number of rotatable bonds is 16. The van der Waals surface area contributed by atoms with Crippen molar-refractivity contribution < 1.29 is 10.2 Å². The van der Waals surface area contributed by atoms with Crippen LogP contribution in [-0.2, 0) is 39.0 Å². The van der Waals surface area contributed by atoms with Gasteiger partial charge in [-0.3, -0.25) is 24.8 Å². The maximum Gasteiger partial charge on any atom is 0.211 e. The second kappa shape index (κ2) is 17.7. The fraction of sp³-hybridized carbons (Fsp3) is 0.256. The van der Waals surface area contributed by atoms with Crippen LogP contribution < -0.4 is 11.5 Å². The molecule has 2 aromatic carbocycles. The minimum Gasteiger partial charge on any atom is -0.507 e. The molecule has 0 radical (unpaired) electrons. The Kier molecular flexibility index (Phi) is 12.6. The molecule has 5 aromatic rings. The lowest BCUT2D eigenvalue weighted by atomic mass is 10.0. The lowest BCUT2D eigenvalue weighted by molar-refractivity contribution is 0.236. The van der Waals surface area contributed by atoms with Gasteiger partial charge in [0, 0.05) is 104 Å². The van der Waals surface area contributed by atoms with Gasteiger partial charge in [-0.2, -0.15) is 5.10 Å². The molecule has 5 rings (SSSR count). The lowest BCUT2D eigenvalue weighted by Gasteiger charge is -2.26. The molecule has 0 aliphatic carbocycles. The number of phenolic OH excluding ortho intramolecular Hbond substituents is 2. The molecule has 0 atom stereocenters. The summed E-state index contributed by atoms with van der Waals surface area (Å²) in [4.78, 5) is 18.1. The van der Waals surface area contributed by atoms with Crippen LogP contribution in [-0.4, -0.2) is 60.2 Å². The van der Waals surface area contributed by atoms with Crippen molar-refractivity contribution in [1.82, 2.24) is 24.8 Å². The Balaban J connectivity index is 1.41. The maximum atomic E-state index is 11.8. The SMILES string of the molecule is Cc1cc(C=NN=C(N)N)c(O)c(CN(Cc2ccccn2)Cc2cc(C)cc(CN(CCc3ccccn3)CCc3ccccn3)c2O)c1. The van der Waals surface area contributed by atoms with Gasteiger partial charge in [0.05, 0.1) is 11.9 Å². The first-order chi connectivity index (χ1) is 24.2. The van der Waals surface area contributed by atoms with E-state index in [1.54, 1.807) is 6.20 Å². The maximum absolute atomic E-state index is 11.8. The summed E-state index contributed by atoms with van der Waals surface area (Å²) in [5, 5.41) is 30.6. The highest BCUT2D eigenvalue weighted by Crippen LogP contribution is 2.30. The molecule has 0 bridgehead atoms. The Labute approximate surface area is 293 Å². The number of nitrogens with two attached hydrogens (primary N) is 2. The zero-order valence-electron chi connectivity index (χ0n) is 28.7. The van der Waals surface area contributed by atoms with Crippen molar-refractivity contribution in [2.75, 3.05) is 13.1 Å². The largest absolute Gasteiger partial charge is 0.507 e. The van der Waals surface area contributed by atoms with Crippen LogP contribution in [0.5, 0.6) is 11.5 Å². The number of hydrogen-bond donors (Lipinski definition) is 4. The van der Waals surface area contributed by atoms with Crippen LogP contribution >= 0.6 is 0 Å². The second-order valence-electron chi connectivity index (χ2n) is 12.4. The molecule has 258 valence electrons. The summed E-state index contributed by atoms with van der Waals surface area (Å²) in [5.41, 5.74) is 18.6. The number of hydrogen-bond acceptors (Lipinski definition) is 9. The van der Waals surface area contributed by atoms with Crippen molar-refractivity contribution in [3.8, 4) is 11.5 Å². The molecular weight excluding hydrogens is 626 g/mol. The minimum absolute atomic E-state index is 0.0850. The van der Waals surface area contributed by atoms with Crippen LogP contribution in [0.2, 0.25) is 0 Å². The highest BCUT2D eigenvalue weighted by molar-refractivity contribution is 5.85. The Bertz CT molecular complexity index is 1840. The normalized spacial score (nSPS) is 11.4. The van der Waals surface area contributed by atoms with Crippen LogP contribution in [0.25, 0.3) is 0 Å². The van der Waals surface area contributed by atoms with Gasteiger partial charge in [-0.15, -0.1) is 5.10 Å². The topological polar surface area (TPSA) is 162 Å². The second-order valence-corrected chi connectivity index (χ2v) is 12.4. The summed E-state index contributed by atoms with van der Waals surface area (Å²) in [6.45, 7) is 7.43. The monoisotopic (exact) mass is 671 g/mol. The first-order valence-electron chi connectivity index (χ1n) is 16.6. The number of phenols is 2. The van der Waals surface area contributed by atoms with Crippen molar-refractivity contribution >= 4 is 12.2 Å². The van der Waals surface area contributed by atoms with E-state index in [0.29, 0.717) is 37.3 Å². The van der Waals surface area contributed by atoms with Crippen LogP contribution in [0, 0.1) is 13.8 Å². The van der Waals surface area contributed by atoms with Crippen molar-refractivity contribution in [2.24, 2.45) is 21.7 Å². The first kappa shape index (κ1) is 35.7. The van der Waals surface area contributed by atoms with E-state index in [-0.39, 0.29) is 17.5 Å². The van der Waals surface area contributed by atoms with Gasteiger partial charge in [0.15, 0.2) is 0 Å². The molecule has 6 N–H and O–H groups in total. The summed E-state index contributed by atoms with van der Waals surface area (Å²) < 4.78 is 0. The quantitative estimate of drug-likeness (QED) is 0.0643. The smallest absolute Gasteiger partial charge is 0.211 e. The summed E-state index contributed by atoms with van der Waals surface area (Å²) in [6, 6.07) is 25.6. The van der Waals surface area contributed by atoms with Crippen LogP contribution in [0.15, 0.2) is 108 Å². The van der Waals surface area contributed by atoms with Crippen molar-refractivity contribution in [3.63, 3.8) is 0 Å². The predicted octanol–water partition coefficient (Wildman–Crippen LogP) is 5.00. The average molecular weight is 672 g/mol. The number of guanidine groups is 1. The van der Waals surface area contributed by atoms with E-state index >= 15 is 0 Å². The van der Waals surface area contributed by atoms with Crippen molar-refractivity contribution in [2.45, 2.75) is 52.9 Å². The van der Waals surface area contributed by atoms with Gasteiger partial charge in [-0.1, -0.05) is 42.0 Å². The standard InChI is InChI=1S/C39H45N9O2/c1-28-19-30(23-45-46-39(40)41)37(49)32(20-28)25-48(27-36-11-5-8-16-44-36)26-33-22-29(2)21-31(38(33)50)24-47(17-12-34-9-3-6-14-42-34)18-13-35-10-4-7-15-43-35/h3-11,14-16,19-23,49-50H,12-13,17-18,24-27H2,1-2H3,(H4,40,41,46). The molecule has 0 spiro atoms. The molecule has 11 nitrogen and oxygen atoms in total. The van der Waals surface area contributed by atoms with Gasteiger partial charge < -0.3 is 21.7 Å². The molecule has 0 unspecified atom stereocenters. The van der Waals surface area contributed by atoms with Gasteiger partial charge in [0.1, 0.15) is 11.5 Å². The zero-order chi connectivity index (χ0) is 35.3. The van der Waals surface area contributed by atoms with Gasteiger partial charge in [0.25, 0.3) is 0 Å². The first-order valence-corrected chi connectivity index (χ1v) is 16.6. The van der Waals surface area contributed by atoms with E-state index in [2.05, 4.69) is 47.9 Å². The van der Waals surface area contributed by atoms with Gasteiger partial charge in [-0.25, -0.2) is 0 Å². The molecular formula is C39H45N9O2. The number of pyridine rings is 3. The molecule has 3 aromatic heterocycles. The lowest BCUT2D eigenvalue weighted by Crippen LogP contribution is -2.29. The summed E-state index contributed by atoms with van der Waals surface area (Å²) in [5.74, 6) is 0.180. The molecule has 0 amide bonds. The summed E-state index contributed by atoms with van der Waals surface area (Å²) in [6.07, 6.45) is 8.42. The van der Waals surface area contributed by atoms with E-state index in [9.17, 15) is 10.2 Å². The third kappa shape index (κ3) is 10.7. The Morgan fingerprint density at radius 3 is 1.62 bits per heavy atom. The molecule has 0 saturated heterocycles. The highest BCUT2D eigenvalue weighted by Gasteiger charge is 2.19. The van der Waals surface area contributed by atoms with Crippen LogP contribution in [0.4, 0.5) is 0 Å². The fourth-order valence-electron chi connectivity index (χ4n) is 5.95. The number of aryl methyl sites for hydroxylation is 2. The zero-order valence-corrected chi connectivity index (χ0v) is 28.7. The van der Waals surface area contributed by atoms with Gasteiger partial charge >= 0.3 is 0 Å². The minimum atomic E-state index is -0.169. The van der Waals surface area contributed by atoms with Crippen LogP contribution in [0.1, 0.15) is 50.5 Å². The number of nitrogens with zero attached hydrogens (tertiary/aromatic N) is 7. The molecule has 11 heteroatoms. The molecule has 0 fully saturated rings. The molecule has 0 saturated carbocycles. The summed E-state index contributed by atoms with van der Waals surface area (Å²) in [7, 11) is 0. The molecule has 3 heterocycles.